The highest BCUT2D eigenvalue weighted by atomic mass is 35.5. The standard InChI is InChI=1S/C19H21ClFN3O3S/c1-14(19(25)22-17-6-2-4-15(20)12-17)23-8-10-24(11-9-23)28(26,27)18-7-3-5-16(21)13-18/h2-7,12-14H,8-11H2,1H3,(H,22,25). The van der Waals surface area contributed by atoms with E-state index in [9.17, 15) is 17.6 Å². The topological polar surface area (TPSA) is 69.7 Å². The highest BCUT2D eigenvalue weighted by molar-refractivity contribution is 7.89. The molecule has 1 saturated heterocycles. The van der Waals surface area contributed by atoms with Crippen molar-refractivity contribution in [1.29, 1.82) is 0 Å². The molecule has 150 valence electrons. The predicted octanol–water partition coefficient (Wildman–Crippen LogP) is 2.81. The van der Waals surface area contributed by atoms with Crippen LogP contribution in [0.4, 0.5) is 10.1 Å². The van der Waals surface area contributed by atoms with Crippen molar-refractivity contribution in [2.24, 2.45) is 0 Å². The molecule has 1 aliphatic heterocycles. The van der Waals surface area contributed by atoms with Gasteiger partial charge in [0.2, 0.25) is 15.9 Å². The molecule has 0 saturated carbocycles. The molecular weight excluding hydrogens is 405 g/mol. The minimum Gasteiger partial charge on any atom is -0.325 e. The Bertz CT molecular complexity index is 962. The number of benzene rings is 2. The van der Waals surface area contributed by atoms with Crippen molar-refractivity contribution in [3.8, 4) is 0 Å². The van der Waals surface area contributed by atoms with E-state index >= 15 is 0 Å². The Morgan fingerprint density at radius 3 is 2.43 bits per heavy atom. The molecule has 0 aromatic heterocycles. The molecule has 2 aromatic rings. The van der Waals surface area contributed by atoms with E-state index in [0.29, 0.717) is 23.8 Å². The zero-order valence-corrected chi connectivity index (χ0v) is 16.9. The van der Waals surface area contributed by atoms with Crippen LogP contribution in [0.25, 0.3) is 0 Å². The van der Waals surface area contributed by atoms with Crippen molar-refractivity contribution >= 4 is 33.2 Å². The van der Waals surface area contributed by atoms with Crippen molar-refractivity contribution in [2.75, 3.05) is 31.5 Å². The fourth-order valence-corrected chi connectivity index (χ4v) is 4.73. The minimum atomic E-state index is -3.76. The van der Waals surface area contributed by atoms with Crippen molar-refractivity contribution in [3.63, 3.8) is 0 Å². The van der Waals surface area contributed by atoms with E-state index in [1.165, 1.54) is 22.5 Å². The van der Waals surface area contributed by atoms with Gasteiger partial charge in [0.15, 0.2) is 0 Å². The van der Waals surface area contributed by atoms with Crippen LogP contribution in [0.1, 0.15) is 6.92 Å². The molecule has 9 heteroatoms. The van der Waals surface area contributed by atoms with Crippen LogP contribution in [-0.4, -0.2) is 55.8 Å². The lowest BCUT2D eigenvalue weighted by Crippen LogP contribution is -2.53. The summed E-state index contributed by atoms with van der Waals surface area (Å²) in [5.74, 6) is -0.783. The lowest BCUT2D eigenvalue weighted by Gasteiger charge is -2.36. The summed E-state index contributed by atoms with van der Waals surface area (Å²) in [6.45, 7) is 3.04. The summed E-state index contributed by atoms with van der Waals surface area (Å²) >= 11 is 5.93. The Kier molecular flexibility index (Phi) is 6.34. The van der Waals surface area contributed by atoms with Crippen LogP contribution >= 0.6 is 11.6 Å². The van der Waals surface area contributed by atoms with Gasteiger partial charge in [0.05, 0.1) is 10.9 Å². The smallest absolute Gasteiger partial charge is 0.243 e. The summed E-state index contributed by atoms with van der Waals surface area (Å²) in [7, 11) is -3.76. The van der Waals surface area contributed by atoms with Gasteiger partial charge in [0.25, 0.3) is 0 Å². The van der Waals surface area contributed by atoms with Crippen LogP contribution in [0.5, 0.6) is 0 Å². The number of carbonyl (C=O) groups is 1. The van der Waals surface area contributed by atoms with Gasteiger partial charge >= 0.3 is 0 Å². The number of nitrogens with zero attached hydrogens (tertiary/aromatic N) is 2. The number of halogens is 2. The Hall–Kier alpha value is -2.00. The highest BCUT2D eigenvalue weighted by Crippen LogP contribution is 2.20. The zero-order chi connectivity index (χ0) is 20.3. The number of sulfonamides is 1. The molecule has 1 unspecified atom stereocenters. The average molecular weight is 426 g/mol. The monoisotopic (exact) mass is 425 g/mol. The number of amides is 1. The molecule has 0 spiro atoms. The summed E-state index contributed by atoms with van der Waals surface area (Å²) in [5, 5.41) is 3.34. The van der Waals surface area contributed by atoms with E-state index in [4.69, 9.17) is 11.6 Å². The molecule has 3 rings (SSSR count). The van der Waals surface area contributed by atoms with Gasteiger partial charge in [-0.3, -0.25) is 9.69 Å². The normalized spacial score (nSPS) is 17.2. The molecule has 28 heavy (non-hydrogen) atoms. The maximum atomic E-state index is 13.4. The Balaban J connectivity index is 1.60. The van der Waals surface area contributed by atoms with Gasteiger partial charge in [-0.25, -0.2) is 12.8 Å². The second-order valence-electron chi connectivity index (χ2n) is 6.57. The average Bonchev–Trinajstić information content (AvgIpc) is 2.67. The molecule has 1 heterocycles. The first-order valence-electron chi connectivity index (χ1n) is 8.83. The summed E-state index contributed by atoms with van der Waals surface area (Å²) in [6.07, 6.45) is 0. The Morgan fingerprint density at radius 1 is 1.11 bits per heavy atom. The van der Waals surface area contributed by atoms with E-state index in [2.05, 4.69) is 5.32 Å². The van der Waals surface area contributed by atoms with Gasteiger partial charge in [0.1, 0.15) is 5.82 Å². The SMILES string of the molecule is CC(C(=O)Nc1cccc(Cl)c1)N1CCN(S(=O)(=O)c2cccc(F)c2)CC1. The molecule has 1 amide bonds. The van der Waals surface area contributed by atoms with Crippen molar-refractivity contribution in [2.45, 2.75) is 17.9 Å². The molecule has 0 radical (unpaired) electrons. The molecular formula is C19H21ClFN3O3S. The quantitative estimate of drug-likeness (QED) is 0.799. The van der Waals surface area contributed by atoms with Gasteiger partial charge in [-0.1, -0.05) is 23.7 Å². The third-order valence-electron chi connectivity index (χ3n) is 4.73. The number of anilines is 1. The van der Waals surface area contributed by atoms with E-state index in [1.54, 1.807) is 31.2 Å². The second-order valence-corrected chi connectivity index (χ2v) is 8.95. The summed E-state index contributed by atoms with van der Waals surface area (Å²) < 4.78 is 40.0. The fourth-order valence-electron chi connectivity index (χ4n) is 3.09. The molecule has 1 atom stereocenters. The van der Waals surface area contributed by atoms with Gasteiger partial charge in [-0.05, 0) is 43.3 Å². The zero-order valence-electron chi connectivity index (χ0n) is 15.3. The highest BCUT2D eigenvalue weighted by Gasteiger charge is 2.32. The number of hydrogen-bond donors (Lipinski definition) is 1. The molecule has 2 aromatic carbocycles. The largest absolute Gasteiger partial charge is 0.325 e. The number of nitrogens with one attached hydrogen (secondary N) is 1. The Labute approximate surface area is 168 Å². The minimum absolute atomic E-state index is 0.0623. The van der Waals surface area contributed by atoms with E-state index in [1.807, 2.05) is 4.90 Å². The second kappa shape index (κ2) is 8.57. The number of carbonyl (C=O) groups excluding carboxylic acids is 1. The molecule has 1 N–H and O–H groups in total. The first-order chi connectivity index (χ1) is 13.3. The van der Waals surface area contributed by atoms with Gasteiger partial charge in [-0.2, -0.15) is 4.31 Å². The van der Waals surface area contributed by atoms with Crippen molar-refractivity contribution in [3.05, 3.63) is 59.4 Å². The molecule has 0 aliphatic carbocycles. The van der Waals surface area contributed by atoms with Crippen LogP contribution in [0.15, 0.2) is 53.4 Å². The molecule has 1 fully saturated rings. The van der Waals surface area contributed by atoms with Gasteiger partial charge in [0, 0.05) is 36.9 Å². The van der Waals surface area contributed by atoms with E-state index < -0.39 is 21.9 Å². The third kappa shape index (κ3) is 4.70. The fraction of sp³-hybridized carbons (Fsp3) is 0.316. The van der Waals surface area contributed by atoms with Crippen molar-refractivity contribution < 1.29 is 17.6 Å². The summed E-state index contributed by atoms with van der Waals surface area (Å²) in [6, 6.07) is 11.4. The van der Waals surface area contributed by atoms with Crippen LogP contribution < -0.4 is 5.32 Å². The third-order valence-corrected chi connectivity index (χ3v) is 6.86. The summed E-state index contributed by atoms with van der Waals surface area (Å²) in [5.41, 5.74) is 0.608. The van der Waals surface area contributed by atoms with Crippen LogP contribution in [-0.2, 0) is 14.8 Å². The first kappa shape index (κ1) is 20.7. The van der Waals surface area contributed by atoms with Crippen LogP contribution in [0.3, 0.4) is 0 Å². The predicted molar refractivity (Wildman–Crippen MR) is 106 cm³/mol. The van der Waals surface area contributed by atoms with E-state index in [0.717, 1.165) is 6.07 Å². The van der Waals surface area contributed by atoms with Crippen molar-refractivity contribution in [1.82, 2.24) is 9.21 Å². The molecule has 1 aliphatic rings. The maximum absolute atomic E-state index is 13.4. The lowest BCUT2D eigenvalue weighted by atomic mass is 10.2. The first-order valence-corrected chi connectivity index (χ1v) is 10.7. The number of piperazine rings is 1. The number of hydrogen-bond acceptors (Lipinski definition) is 4. The maximum Gasteiger partial charge on any atom is 0.243 e. The van der Waals surface area contributed by atoms with Gasteiger partial charge in [-0.15, -0.1) is 0 Å². The van der Waals surface area contributed by atoms with Crippen LogP contribution in [0, 0.1) is 5.82 Å². The van der Waals surface area contributed by atoms with Gasteiger partial charge < -0.3 is 5.32 Å². The number of rotatable bonds is 5. The van der Waals surface area contributed by atoms with E-state index in [-0.39, 0.29) is 23.9 Å². The molecule has 0 bridgehead atoms. The summed E-state index contributed by atoms with van der Waals surface area (Å²) in [4.78, 5) is 14.3. The molecule has 6 nitrogen and oxygen atoms in total. The Morgan fingerprint density at radius 2 is 1.79 bits per heavy atom. The lowest BCUT2D eigenvalue weighted by molar-refractivity contribution is -0.121. The van der Waals surface area contributed by atoms with Crippen LogP contribution in [0.2, 0.25) is 5.02 Å².